The van der Waals surface area contributed by atoms with Crippen LogP contribution in [0.3, 0.4) is 0 Å². The fourth-order valence-corrected chi connectivity index (χ4v) is 3.10. The summed E-state index contributed by atoms with van der Waals surface area (Å²) in [5.41, 5.74) is -0.415. The Morgan fingerprint density at radius 3 is 2.26 bits per heavy atom. The molecule has 1 aliphatic heterocycles. The van der Waals surface area contributed by atoms with Crippen LogP contribution in [-0.4, -0.2) is 41.0 Å². The molecule has 3 heteroatoms. The van der Waals surface area contributed by atoms with Gasteiger partial charge in [0.25, 0.3) is 0 Å². The molecule has 0 radical (unpaired) electrons. The number of aliphatic hydroxyl groups is 1. The summed E-state index contributed by atoms with van der Waals surface area (Å²) in [5, 5.41) is 10.1. The lowest BCUT2D eigenvalue weighted by Gasteiger charge is -2.22. The number of rotatable bonds is 9. The predicted octanol–water partition coefficient (Wildman–Crippen LogP) is 3.88. The molecule has 1 aliphatic rings. The van der Waals surface area contributed by atoms with Gasteiger partial charge in [0.1, 0.15) is 0 Å². The Kier molecular flexibility index (Phi) is 9.17. The molecule has 0 aromatic carbocycles. The first-order valence-electron chi connectivity index (χ1n) is 8.20. The standard InChI is InChI=1S/C16H33NOS/c1-16(18)10-9-13-17(14-11-16)12-7-5-3-2-4-6-8-15-19/h18-19H,2-15H2,1H3. The number of thiol groups is 1. The van der Waals surface area contributed by atoms with E-state index in [2.05, 4.69) is 17.5 Å². The Bertz CT molecular complexity index is 221. The van der Waals surface area contributed by atoms with E-state index in [-0.39, 0.29) is 0 Å². The van der Waals surface area contributed by atoms with Gasteiger partial charge in [-0.25, -0.2) is 0 Å². The number of unbranched alkanes of at least 4 members (excludes halogenated alkanes) is 6. The maximum absolute atomic E-state index is 10.1. The van der Waals surface area contributed by atoms with Crippen LogP contribution in [0.25, 0.3) is 0 Å². The SMILES string of the molecule is CC1(O)CCCN(CCCCCCCCCS)CC1. The summed E-state index contributed by atoms with van der Waals surface area (Å²) in [7, 11) is 0. The second-order valence-electron chi connectivity index (χ2n) is 6.39. The molecule has 0 spiro atoms. The molecular formula is C16H33NOS. The Labute approximate surface area is 125 Å². The summed E-state index contributed by atoms with van der Waals surface area (Å²) in [6, 6.07) is 0. The van der Waals surface area contributed by atoms with Crippen molar-refractivity contribution in [1.29, 1.82) is 0 Å². The van der Waals surface area contributed by atoms with E-state index in [0.717, 1.165) is 31.6 Å². The first-order chi connectivity index (χ1) is 9.14. The van der Waals surface area contributed by atoms with Gasteiger partial charge in [0.15, 0.2) is 0 Å². The summed E-state index contributed by atoms with van der Waals surface area (Å²) in [6.45, 7) is 5.47. The summed E-state index contributed by atoms with van der Waals surface area (Å²) in [5.74, 6) is 1.04. The summed E-state index contributed by atoms with van der Waals surface area (Å²) < 4.78 is 0. The largest absolute Gasteiger partial charge is 0.390 e. The van der Waals surface area contributed by atoms with Crippen molar-refractivity contribution in [2.45, 2.75) is 76.7 Å². The van der Waals surface area contributed by atoms with E-state index in [1.165, 1.54) is 58.0 Å². The predicted molar refractivity (Wildman–Crippen MR) is 87.1 cm³/mol. The molecule has 19 heavy (non-hydrogen) atoms. The molecule has 1 atom stereocenters. The number of hydrogen-bond donors (Lipinski definition) is 2. The highest BCUT2D eigenvalue weighted by Gasteiger charge is 2.24. The highest BCUT2D eigenvalue weighted by molar-refractivity contribution is 7.80. The minimum Gasteiger partial charge on any atom is -0.390 e. The molecule has 0 amide bonds. The zero-order valence-corrected chi connectivity index (χ0v) is 13.6. The zero-order valence-electron chi connectivity index (χ0n) is 12.7. The monoisotopic (exact) mass is 287 g/mol. The molecule has 0 saturated carbocycles. The van der Waals surface area contributed by atoms with Crippen LogP contribution in [0.15, 0.2) is 0 Å². The highest BCUT2D eigenvalue weighted by atomic mass is 32.1. The van der Waals surface area contributed by atoms with Crippen LogP contribution in [0, 0.1) is 0 Å². The molecule has 1 fully saturated rings. The first kappa shape index (κ1) is 17.3. The smallest absolute Gasteiger partial charge is 0.0632 e. The van der Waals surface area contributed by atoms with Crippen LogP contribution >= 0.6 is 12.6 Å². The molecule has 0 aromatic heterocycles. The molecule has 0 aromatic rings. The molecule has 1 N–H and O–H groups in total. The number of likely N-dealkylation sites (tertiary alicyclic amines) is 1. The van der Waals surface area contributed by atoms with Crippen molar-refractivity contribution in [3.8, 4) is 0 Å². The average Bonchev–Trinajstić information content (AvgIpc) is 2.54. The third-order valence-electron chi connectivity index (χ3n) is 4.29. The van der Waals surface area contributed by atoms with Crippen LogP contribution in [0.1, 0.15) is 71.1 Å². The molecule has 1 heterocycles. The number of hydrogen-bond acceptors (Lipinski definition) is 3. The van der Waals surface area contributed by atoms with Gasteiger partial charge in [-0.3, -0.25) is 0 Å². The summed E-state index contributed by atoms with van der Waals surface area (Å²) in [6.07, 6.45) is 12.5. The lowest BCUT2D eigenvalue weighted by atomic mass is 9.98. The maximum atomic E-state index is 10.1. The average molecular weight is 288 g/mol. The van der Waals surface area contributed by atoms with Gasteiger partial charge in [-0.2, -0.15) is 12.6 Å². The van der Waals surface area contributed by atoms with Gasteiger partial charge in [0.05, 0.1) is 5.60 Å². The minimum atomic E-state index is -0.415. The maximum Gasteiger partial charge on any atom is 0.0632 e. The van der Waals surface area contributed by atoms with Crippen molar-refractivity contribution in [3.63, 3.8) is 0 Å². The molecule has 0 aliphatic carbocycles. The van der Waals surface area contributed by atoms with E-state index in [1.807, 2.05) is 6.92 Å². The topological polar surface area (TPSA) is 23.5 Å². The minimum absolute atomic E-state index is 0.415. The lowest BCUT2D eigenvalue weighted by molar-refractivity contribution is 0.0446. The lowest BCUT2D eigenvalue weighted by Crippen LogP contribution is -2.29. The highest BCUT2D eigenvalue weighted by Crippen LogP contribution is 2.21. The molecule has 1 rings (SSSR count). The van der Waals surface area contributed by atoms with Crippen LogP contribution in [0.2, 0.25) is 0 Å². The van der Waals surface area contributed by atoms with Crippen molar-refractivity contribution in [1.82, 2.24) is 4.90 Å². The fourth-order valence-electron chi connectivity index (χ4n) is 2.87. The third-order valence-corrected chi connectivity index (χ3v) is 4.60. The summed E-state index contributed by atoms with van der Waals surface area (Å²) in [4.78, 5) is 2.54. The van der Waals surface area contributed by atoms with Crippen molar-refractivity contribution in [2.75, 3.05) is 25.4 Å². The normalized spacial score (nSPS) is 25.4. The number of nitrogens with zero attached hydrogens (tertiary/aromatic N) is 1. The molecule has 1 saturated heterocycles. The second kappa shape index (κ2) is 10.1. The molecule has 114 valence electrons. The molecular weight excluding hydrogens is 254 g/mol. The van der Waals surface area contributed by atoms with E-state index >= 15 is 0 Å². The van der Waals surface area contributed by atoms with Crippen LogP contribution in [-0.2, 0) is 0 Å². The van der Waals surface area contributed by atoms with Gasteiger partial charge < -0.3 is 10.0 Å². The fraction of sp³-hybridized carbons (Fsp3) is 1.00. The van der Waals surface area contributed by atoms with E-state index in [1.54, 1.807) is 0 Å². The Morgan fingerprint density at radius 1 is 0.947 bits per heavy atom. The van der Waals surface area contributed by atoms with Gasteiger partial charge in [0.2, 0.25) is 0 Å². The Morgan fingerprint density at radius 2 is 1.58 bits per heavy atom. The third kappa shape index (κ3) is 8.93. The first-order valence-corrected chi connectivity index (χ1v) is 8.83. The second-order valence-corrected chi connectivity index (χ2v) is 6.84. The van der Waals surface area contributed by atoms with E-state index in [9.17, 15) is 5.11 Å². The van der Waals surface area contributed by atoms with Gasteiger partial charge in [-0.1, -0.05) is 32.1 Å². The van der Waals surface area contributed by atoms with E-state index in [0.29, 0.717) is 0 Å². The molecule has 1 unspecified atom stereocenters. The van der Waals surface area contributed by atoms with Crippen LogP contribution in [0.4, 0.5) is 0 Å². The molecule has 2 nitrogen and oxygen atoms in total. The van der Waals surface area contributed by atoms with Gasteiger partial charge in [0, 0.05) is 6.54 Å². The quantitative estimate of drug-likeness (QED) is 0.496. The van der Waals surface area contributed by atoms with Gasteiger partial charge >= 0.3 is 0 Å². The summed E-state index contributed by atoms with van der Waals surface area (Å²) >= 11 is 4.24. The van der Waals surface area contributed by atoms with Gasteiger partial charge in [-0.15, -0.1) is 0 Å². The zero-order chi connectivity index (χ0) is 14.0. The van der Waals surface area contributed by atoms with Crippen LogP contribution in [0.5, 0.6) is 0 Å². The van der Waals surface area contributed by atoms with E-state index in [4.69, 9.17) is 0 Å². The van der Waals surface area contributed by atoms with Crippen molar-refractivity contribution in [3.05, 3.63) is 0 Å². The molecule has 0 bridgehead atoms. The van der Waals surface area contributed by atoms with Crippen molar-refractivity contribution >= 4 is 12.6 Å². The Hall–Kier alpha value is 0.270. The van der Waals surface area contributed by atoms with Gasteiger partial charge in [-0.05, 0) is 57.9 Å². The van der Waals surface area contributed by atoms with E-state index < -0.39 is 5.60 Å². The van der Waals surface area contributed by atoms with Crippen molar-refractivity contribution in [2.24, 2.45) is 0 Å². The van der Waals surface area contributed by atoms with Crippen LogP contribution < -0.4 is 0 Å². The Balaban J connectivity index is 1.94. The van der Waals surface area contributed by atoms with Crippen molar-refractivity contribution < 1.29 is 5.11 Å².